The van der Waals surface area contributed by atoms with E-state index in [1.165, 1.54) is 16.8 Å². The summed E-state index contributed by atoms with van der Waals surface area (Å²) >= 11 is 0. The number of rotatable bonds is 3. The van der Waals surface area contributed by atoms with Gasteiger partial charge in [-0.3, -0.25) is 0 Å². The molecule has 0 spiro atoms. The molecule has 0 fully saturated rings. The number of aromatic amines is 1. The Balaban J connectivity index is 1.93. The molecule has 0 amide bonds. The molecular weight excluding hydrogens is 236 g/mol. The van der Waals surface area contributed by atoms with Gasteiger partial charge in [0, 0.05) is 30.7 Å². The predicted molar refractivity (Wildman–Crippen MR) is 76.7 cm³/mol. The highest BCUT2D eigenvalue weighted by molar-refractivity contribution is 5.67. The van der Waals surface area contributed by atoms with Crippen LogP contribution in [-0.2, 0) is 6.42 Å². The zero-order valence-electron chi connectivity index (χ0n) is 10.9. The van der Waals surface area contributed by atoms with Crippen molar-refractivity contribution < 1.29 is 0 Å². The Hall–Kier alpha value is -2.20. The van der Waals surface area contributed by atoms with Crippen molar-refractivity contribution in [1.29, 1.82) is 0 Å². The Bertz CT molecular complexity index is 585. The Kier molecular flexibility index (Phi) is 3.01. The maximum absolute atomic E-state index is 6.16. The number of benzene rings is 1. The third kappa shape index (κ3) is 2.11. The maximum Gasteiger partial charge on any atom is 0.0891 e. The first kappa shape index (κ1) is 11.9. The van der Waals surface area contributed by atoms with Gasteiger partial charge in [0.2, 0.25) is 0 Å². The lowest BCUT2D eigenvalue weighted by atomic mass is 9.97. The average molecular weight is 254 g/mol. The van der Waals surface area contributed by atoms with Gasteiger partial charge >= 0.3 is 0 Å². The molecule has 4 N–H and O–H groups in total. The van der Waals surface area contributed by atoms with E-state index in [0.717, 1.165) is 12.1 Å². The molecule has 0 radical (unpaired) electrons. The zero-order valence-corrected chi connectivity index (χ0v) is 10.9. The van der Waals surface area contributed by atoms with Crippen molar-refractivity contribution in [3.05, 3.63) is 65.6 Å². The van der Waals surface area contributed by atoms with Gasteiger partial charge in [-0.1, -0.05) is 30.3 Å². The normalized spacial score (nSPS) is 17.9. The number of hydrogen-bond acceptors (Lipinski definition) is 3. The van der Waals surface area contributed by atoms with Gasteiger partial charge in [-0.2, -0.15) is 0 Å². The SMILES string of the molecule is CNC1=CN(N)C(Cc2ccccc2)c2[nH]ccc21. The number of fused-ring (bicyclic) bond motifs is 1. The fourth-order valence-corrected chi connectivity index (χ4v) is 2.59. The fourth-order valence-electron chi connectivity index (χ4n) is 2.59. The highest BCUT2D eigenvalue weighted by atomic mass is 15.4. The summed E-state index contributed by atoms with van der Waals surface area (Å²) in [6.45, 7) is 0. The van der Waals surface area contributed by atoms with Crippen LogP contribution >= 0.6 is 0 Å². The molecule has 1 aliphatic rings. The Labute approximate surface area is 112 Å². The number of H-pyrrole nitrogens is 1. The van der Waals surface area contributed by atoms with Crippen molar-refractivity contribution in [3.8, 4) is 0 Å². The van der Waals surface area contributed by atoms with Gasteiger partial charge in [0.1, 0.15) is 0 Å². The van der Waals surface area contributed by atoms with Crippen molar-refractivity contribution in [2.75, 3.05) is 7.05 Å². The van der Waals surface area contributed by atoms with E-state index < -0.39 is 0 Å². The van der Waals surface area contributed by atoms with Crippen LogP contribution in [0.1, 0.15) is 22.9 Å². The Morgan fingerprint density at radius 1 is 1.26 bits per heavy atom. The molecule has 0 aliphatic carbocycles. The van der Waals surface area contributed by atoms with Crippen LogP contribution in [0.3, 0.4) is 0 Å². The molecule has 1 aliphatic heterocycles. The molecule has 19 heavy (non-hydrogen) atoms. The minimum atomic E-state index is 0.143. The summed E-state index contributed by atoms with van der Waals surface area (Å²) in [5, 5.41) is 4.96. The third-order valence-electron chi connectivity index (χ3n) is 3.58. The maximum atomic E-state index is 6.16. The van der Waals surface area contributed by atoms with Crippen LogP contribution < -0.4 is 11.2 Å². The molecule has 0 bridgehead atoms. The molecule has 1 unspecified atom stereocenters. The summed E-state index contributed by atoms with van der Waals surface area (Å²) in [6, 6.07) is 12.6. The molecule has 0 saturated carbocycles. The number of nitrogens with zero attached hydrogens (tertiary/aromatic N) is 1. The molecule has 4 nitrogen and oxygen atoms in total. The van der Waals surface area contributed by atoms with Gasteiger partial charge < -0.3 is 15.3 Å². The van der Waals surface area contributed by atoms with Crippen LogP contribution in [0.15, 0.2) is 48.8 Å². The second-order valence-corrected chi connectivity index (χ2v) is 4.75. The van der Waals surface area contributed by atoms with Gasteiger partial charge in [-0.05, 0) is 18.1 Å². The van der Waals surface area contributed by atoms with Crippen molar-refractivity contribution in [2.24, 2.45) is 5.84 Å². The Morgan fingerprint density at radius 3 is 2.79 bits per heavy atom. The molecule has 98 valence electrons. The van der Waals surface area contributed by atoms with Gasteiger partial charge in [-0.25, -0.2) is 5.84 Å². The van der Waals surface area contributed by atoms with Crippen LogP contribution in [0.2, 0.25) is 0 Å². The fraction of sp³-hybridized carbons (Fsp3) is 0.200. The van der Waals surface area contributed by atoms with Crippen molar-refractivity contribution >= 4 is 5.70 Å². The van der Waals surface area contributed by atoms with E-state index >= 15 is 0 Å². The van der Waals surface area contributed by atoms with E-state index in [2.05, 4.69) is 40.6 Å². The van der Waals surface area contributed by atoms with Gasteiger partial charge in [-0.15, -0.1) is 0 Å². The highest BCUT2D eigenvalue weighted by Crippen LogP contribution is 2.32. The average Bonchev–Trinajstić information content (AvgIpc) is 2.92. The van der Waals surface area contributed by atoms with Crippen LogP contribution in [0.25, 0.3) is 5.70 Å². The first-order chi connectivity index (χ1) is 9.29. The predicted octanol–water partition coefficient (Wildman–Crippen LogP) is 2.01. The minimum Gasteiger partial charge on any atom is -0.386 e. The molecule has 2 aromatic rings. The molecule has 1 aromatic carbocycles. The van der Waals surface area contributed by atoms with E-state index in [4.69, 9.17) is 5.84 Å². The summed E-state index contributed by atoms with van der Waals surface area (Å²) in [4.78, 5) is 3.32. The molecule has 2 heterocycles. The van der Waals surface area contributed by atoms with Gasteiger partial charge in [0.05, 0.1) is 11.7 Å². The summed E-state index contributed by atoms with van der Waals surface area (Å²) in [5.41, 5.74) is 4.69. The highest BCUT2D eigenvalue weighted by Gasteiger charge is 2.26. The first-order valence-electron chi connectivity index (χ1n) is 6.44. The van der Waals surface area contributed by atoms with Crippen LogP contribution in [0.4, 0.5) is 0 Å². The summed E-state index contributed by atoms with van der Waals surface area (Å²) < 4.78 is 0. The van der Waals surface area contributed by atoms with Crippen LogP contribution in [-0.4, -0.2) is 17.0 Å². The second-order valence-electron chi connectivity index (χ2n) is 4.75. The first-order valence-corrected chi connectivity index (χ1v) is 6.44. The smallest absolute Gasteiger partial charge is 0.0891 e. The molecule has 0 saturated heterocycles. The van der Waals surface area contributed by atoms with E-state index in [1.54, 1.807) is 5.01 Å². The summed E-state index contributed by atoms with van der Waals surface area (Å²) in [6.07, 6.45) is 4.81. The van der Waals surface area contributed by atoms with Crippen molar-refractivity contribution in [3.63, 3.8) is 0 Å². The molecule has 3 rings (SSSR count). The number of aromatic nitrogens is 1. The lowest BCUT2D eigenvalue weighted by Gasteiger charge is -2.32. The largest absolute Gasteiger partial charge is 0.386 e. The van der Waals surface area contributed by atoms with Crippen molar-refractivity contribution in [2.45, 2.75) is 12.5 Å². The van der Waals surface area contributed by atoms with Gasteiger partial charge in [0.25, 0.3) is 0 Å². The zero-order chi connectivity index (χ0) is 13.2. The molecular formula is C15H18N4. The van der Waals surface area contributed by atoms with E-state index in [1.807, 2.05) is 25.5 Å². The molecule has 1 atom stereocenters. The number of nitrogens with one attached hydrogen (secondary N) is 2. The topological polar surface area (TPSA) is 57.1 Å². The summed E-state index contributed by atoms with van der Waals surface area (Å²) in [5.74, 6) is 6.16. The van der Waals surface area contributed by atoms with Crippen LogP contribution in [0.5, 0.6) is 0 Å². The number of hydrazine groups is 1. The second kappa shape index (κ2) is 4.82. The van der Waals surface area contributed by atoms with E-state index in [9.17, 15) is 0 Å². The van der Waals surface area contributed by atoms with E-state index in [0.29, 0.717) is 0 Å². The Morgan fingerprint density at radius 2 is 2.05 bits per heavy atom. The standard InChI is InChI=1S/C15H18N4/c1-17-13-10-19(16)14(15-12(13)7-8-18-15)9-11-5-3-2-4-6-11/h2-8,10,14,17-18H,9,16H2,1H3. The van der Waals surface area contributed by atoms with E-state index in [-0.39, 0.29) is 6.04 Å². The van der Waals surface area contributed by atoms with Crippen LogP contribution in [0, 0.1) is 0 Å². The van der Waals surface area contributed by atoms with Gasteiger partial charge in [0.15, 0.2) is 0 Å². The number of hydrogen-bond donors (Lipinski definition) is 3. The third-order valence-corrected chi connectivity index (χ3v) is 3.58. The lowest BCUT2D eigenvalue weighted by molar-refractivity contribution is 0.277. The minimum absolute atomic E-state index is 0.143. The quantitative estimate of drug-likeness (QED) is 0.734. The summed E-state index contributed by atoms with van der Waals surface area (Å²) in [7, 11) is 1.91. The van der Waals surface area contributed by atoms with Crippen molar-refractivity contribution in [1.82, 2.24) is 15.3 Å². The lowest BCUT2D eigenvalue weighted by Crippen LogP contribution is -2.36. The monoisotopic (exact) mass is 254 g/mol. The number of nitrogens with two attached hydrogens (primary N) is 1. The molecule has 1 aromatic heterocycles. The molecule has 4 heteroatoms.